The molecular formula is C6H16NS+. The number of thiol groups is 1. The molecule has 0 aliphatic rings. The second kappa shape index (κ2) is 5.45. The van der Waals surface area contributed by atoms with Crippen LogP contribution in [0.15, 0.2) is 0 Å². The maximum atomic E-state index is 4.15. The van der Waals surface area contributed by atoms with Gasteiger partial charge in [0.1, 0.15) is 0 Å². The van der Waals surface area contributed by atoms with Gasteiger partial charge in [0.05, 0.1) is 19.6 Å². The Labute approximate surface area is 57.5 Å². The van der Waals surface area contributed by atoms with E-state index in [0.717, 1.165) is 5.75 Å². The fourth-order valence-corrected chi connectivity index (χ4v) is 1.08. The van der Waals surface area contributed by atoms with E-state index >= 15 is 0 Å². The van der Waals surface area contributed by atoms with Crippen molar-refractivity contribution in [3.05, 3.63) is 0 Å². The molecule has 0 aliphatic carbocycles. The summed E-state index contributed by atoms with van der Waals surface area (Å²) in [7, 11) is 0. The van der Waals surface area contributed by atoms with Gasteiger partial charge in [-0.15, -0.1) is 0 Å². The molecule has 0 atom stereocenters. The van der Waals surface area contributed by atoms with Crippen molar-refractivity contribution in [1.82, 2.24) is 0 Å². The zero-order chi connectivity index (χ0) is 6.41. The highest BCUT2D eigenvalue weighted by atomic mass is 32.1. The van der Waals surface area contributed by atoms with E-state index in [1.165, 1.54) is 19.6 Å². The molecule has 50 valence electrons. The molecule has 2 heteroatoms. The van der Waals surface area contributed by atoms with Crippen LogP contribution >= 0.6 is 12.6 Å². The summed E-state index contributed by atoms with van der Waals surface area (Å²) < 4.78 is 0. The molecule has 0 bridgehead atoms. The summed E-state index contributed by atoms with van der Waals surface area (Å²) in [6.45, 7) is 8.09. The van der Waals surface area contributed by atoms with Crippen LogP contribution in [0.25, 0.3) is 0 Å². The summed E-state index contributed by atoms with van der Waals surface area (Å²) >= 11 is 4.15. The minimum absolute atomic E-state index is 1.01. The lowest BCUT2D eigenvalue weighted by atomic mass is 10.5. The second-order valence-corrected chi connectivity index (χ2v) is 2.38. The average Bonchev–Trinajstić information content (AvgIpc) is 1.83. The first kappa shape index (κ1) is 8.31. The first-order valence-electron chi connectivity index (χ1n) is 3.29. The highest BCUT2D eigenvalue weighted by molar-refractivity contribution is 7.80. The molecule has 1 N–H and O–H groups in total. The Hall–Kier alpha value is 0.310. The van der Waals surface area contributed by atoms with Gasteiger partial charge in [0.25, 0.3) is 0 Å². The smallest absolute Gasteiger partial charge is 0.0860 e. The van der Waals surface area contributed by atoms with Gasteiger partial charge in [-0.1, -0.05) is 0 Å². The molecule has 0 amide bonds. The third-order valence-corrected chi connectivity index (χ3v) is 1.69. The number of nitrogens with one attached hydrogen (secondary N) is 1. The fraction of sp³-hybridized carbons (Fsp3) is 1.00. The number of rotatable bonds is 4. The van der Waals surface area contributed by atoms with Crippen molar-refractivity contribution in [1.29, 1.82) is 0 Å². The first-order chi connectivity index (χ1) is 3.85. The van der Waals surface area contributed by atoms with E-state index in [9.17, 15) is 0 Å². The molecule has 0 rings (SSSR count). The number of quaternary nitrogens is 1. The van der Waals surface area contributed by atoms with Gasteiger partial charge in [0.15, 0.2) is 0 Å². The Balaban J connectivity index is 3.07. The van der Waals surface area contributed by atoms with Gasteiger partial charge < -0.3 is 4.90 Å². The Morgan fingerprint density at radius 1 is 1.25 bits per heavy atom. The van der Waals surface area contributed by atoms with Gasteiger partial charge in [-0.05, 0) is 13.8 Å². The van der Waals surface area contributed by atoms with E-state index in [0.29, 0.717) is 0 Å². The first-order valence-corrected chi connectivity index (χ1v) is 3.92. The Morgan fingerprint density at radius 2 is 1.75 bits per heavy atom. The molecule has 0 radical (unpaired) electrons. The van der Waals surface area contributed by atoms with Crippen molar-refractivity contribution >= 4 is 12.6 Å². The maximum Gasteiger partial charge on any atom is 0.0860 e. The van der Waals surface area contributed by atoms with Gasteiger partial charge in [-0.25, -0.2) is 0 Å². The van der Waals surface area contributed by atoms with Crippen LogP contribution in [0.3, 0.4) is 0 Å². The van der Waals surface area contributed by atoms with Gasteiger partial charge >= 0.3 is 0 Å². The SMILES string of the molecule is CC[NH+](CC)CCS. The van der Waals surface area contributed by atoms with Gasteiger partial charge in [-0.2, -0.15) is 12.6 Å². The van der Waals surface area contributed by atoms with Crippen LogP contribution in [0.2, 0.25) is 0 Å². The quantitative estimate of drug-likeness (QED) is 0.493. The summed E-state index contributed by atoms with van der Waals surface area (Å²) in [4.78, 5) is 1.64. The molecule has 0 saturated carbocycles. The number of hydrogen-bond donors (Lipinski definition) is 2. The zero-order valence-electron chi connectivity index (χ0n) is 5.78. The maximum absolute atomic E-state index is 4.15. The minimum atomic E-state index is 1.01. The van der Waals surface area contributed by atoms with Crippen LogP contribution in [0, 0.1) is 0 Å². The monoisotopic (exact) mass is 134 g/mol. The molecule has 0 aliphatic heterocycles. The topological polar surface area (TPSA) is 4.44 Å². The molecule has 8 heavy (non-hydrogen) atoms. The van der Waals surface area contributed by atoms with Crippen LogP contribution in [0.1, 0.15) is 13.8 Å². The summed E-state index contributed by atoms with van der Waals surface area (Å²) in [5.74, 6) is 1.01. The highest BCUT2D eigenvalue weighted by Gasteiger charge is 1.96. The number of hydrogen-bond acceptors (Lipinski definition) is 1. The molecule has 0 aromatic carbocycles. The minimum Gasteiger partial charge on any atom is -0.335 e. The summed E-state index contributed by atoms with van der Waals surface area (Å²) in [6, 6.07) is 0. The summed E-state index contributed by atoms with van der Waals surface area (Å²) in [5.41, 5.74) is 0. The molecular weight excluding hydrogens is 118 g/mol. The standard InChI is InChI=1S/C6H15NS/c1-3-7(4-2)5-6-8/h8H,3-6H2,1-2H3/p+1. The molecule has 1 nitrogen and oxygen atoms in total. The highest BCUT2D eigenvalue weighted by Crippen LogP contribution is 1.62. The van der Waals surface area contributed by atoms with Crippen molar-refractivity contribution in [3.8, 4) is 0 Å². The van der Waals surface area contributed by atoms with Crippen molar-refractivity contribution < 1.29 is 4.90 Å². The van der Waals surface area contributed by atoms with E-state index < -0.39 is 0 Å². The zero-order valence-corrected chi connectivity index (χ0v) is 6.67. The van der Waals surface area contributed by atoms with Crippen LogP contribution in [0.5, 0.6) is 0 Å². The lowest BCUT2D eigenvalue weighted by Crippen LogP contribution is -3.11. The lowest BCUT2D eigenvalue weighted by molar-refractivity contribution is -0.893. The normalized spacial score (nSPS) is 10.5. The van der Waals surface area contributed by atoms with Gasteiger partial charge in [-0.3, -0.25) is 0 Å². The van der Waals surface area contributed by atoms with Crippen LogP contribution < -0.4 is 4.90 Å². The third kappa shape index (κ3) is 3.33. The third-order valence-electron chi connectivity index (χ3n) is 1.47. The Kier molecular flexibility index (Phi) is 5.66. The lowest BCUT2D eigenvalue weighted by Gasteiger charge is -2.12. The largest absolute Gasteiger partial charge is 0.335 e. The molecule has 0 unspecified atom stereocenters. The summed E-state index contributed by atoms with van der Waals surface area (Å²) in [6.07, 6.45) is 0. The molecule has 0 spiro atoms. The van der Waals surface area contributed by atoms with Crippen LogP contribution in [-0.2, 0) is 0 Å². The molecule has 0 heterocycles. The summed E-state index contributed by atoms with van der Waals surface area (Å²) in [5, 5.41) is 0. The van der Waals surface area contributed by atoms with E-state index in [2.05, 4.69) is 26.5 Å². The molecule has 0 aromatic rings. The van der Waals surface area contributed by atoms with Gasteiger partial charge in [0, 0.05) is 5.75 Å². The Bertz CT molecular complexity index is 43.8. The van der Waals surface area contributed by atoms with E-state index in [1.54, 1.807) is 4.90 Å². The van der Waals surface area contributed by atoms with E-state index in [-0.39, 0.29) is 0 Å². The fourth-order valence-electron chi connectivity index (χ4n) is 0.762. The van der Waals surface area contributed by atoms with Crippen molar-refractivity contribution in [2.45, 2.75) is 13.8 Å². The van der Waals surface area contributed by atoms with E-state index in [1.807, 2.05) is 0 Å². The van der Waals surface area contributed by atoms with Crippen molar-refractivity contribution in [2.75, 3.05) is 25.4 Å². The van der Waals surface area contributed by atoms with Crippen LogP contribution in [0.4, 0.5) is 0 Å². The van der Waals surface area contributed by atoms with E-state index in [4.69, 9.17) is 0 Å². The molecule has 0 fully saturated rings. The Morgan fingerprint density at radius 3 is 1.88 bits per heavy atom. The van der Waals surface area contributed by atoms with Crippen molar-refractivity contribution in [3.63, 3.8) is 0 Å². The predicted molar refractivity (Wildman–Crippen MR) is 40.8 cm³/mol. The predicted octanol–water partition coefficient (Wildman–Crippen LogP) is -0.159. The van der Waals surface area contributed by atoms with Crippen LogP contribution in [-0.4, -0.2) is 25.4 Å². The molecule has 0 aromatic heterocycles. The van der Waals surface area contributed by atoms with Crippen molar-refractivity contribution in [2.24, 2.45) is 0 Å². The van der Waals surface area contributed by atoms with Gasteiger partial charge in [0.2, 0.25) is 0 Å². The molecule has 0 saturated heterocycles. The average molecular weight is 134 g/mol. The second-order valence-electron chi connectivity index (χ2n) is 1.93.